The van der Waals surface area contributed by atoms with Gasteiger partial charge in [0, 0.05) is 37.7 Å². The summed E-state index contributed by atoms with van der Waals surface area (Å²) in [6.07, 6.45) is 3.83. The van der Waals surface area contributed by atoms with E-state index in [0.717, 1.165) is 55.8 Å². The second-order valence-corrected chi connectivity index (χ2v) is 7.44. The van der Waals surface area contributed by atoms with Crippen molar-refractivity contribution in [1.29, 1.82) is 0 Å². The average molecular weight is 328 g/mol. The third kappa shape index (κ3) is 3.80. The van der Waals surface area contributed by atoms with Gasteiger partial charge < -0.3 is 9.80 Å². The number of carbonyl (C=O) groups excluding carboxylic acids is 2. The van der Waals surface area contributed by atoms with Crippen molar-refractivity contribution in [2.24, 2.45) is 11.8 Å². The van der Waals surface area contributed by atoms with Gasteiger partial charge in [0.1, 0.15) is 0 Å². The van der Waals surface area contributed by atoms with Crippen LogP contribution in [0.5, 0.6) is 0 Å². The quantitative estimate of drug-likeness (QED) is 0.837. The van der Waals surface area contributed by atoms with Crippen molar-refractivity contribution in [2.45, 2.75) is 39.5 Å². The molecule has 0 bridgehead atoms. The zero-order valence-corrected chi connectivity index (χ0v) is 14.8. The third-order valence-electron chi connectivity index (χ3n) is 5.49. The molecule has 2 fully saturated rings. The Labute approximate surface area is 144 Å². The summed E-state index contributed by atoms with van der Waals surface area (Å²) < 4.78 is 0. The lowest BCUT2D eigenvalue weighted by Gasteiger charge is -2.36. The number of likely N-dealkylation sites (tertiary alicyclic amines) is 2. The molecule has 0 aromatic heterocycles. The molecule has 0 spiro atoms. The van der Waals surface area contributed by atoms with Gasteiger partial charge in [-0.1, -0.05) is 24.6 Å². The van der Waals surface area contributed by atoms with Gasteiger partial charge in [-0.3, -0.25) is 9.59 Å². The molecule has 2 amide bonds. The van der Waals surface area contributed by atoms with Gasteiger partial charge in [0.25, 0.3) is 5.91 Å². The number of hydrogen-bond acceptors (Lipinski definition) is 2. The van der Waals surface area contributed by atoms with E-state index in [1.807, 2.05) is 41.0 Å². The molecular weight excluding hydrogens is 300 g/mol. The van der Waals surface area contributed by atoms with E-state index in [9.17, 15) is 9.59 Å². The Kier molecular flexibility index (Phi) is 5.22. The Morgan fingerprint density at radius 1 is 0.958 bits per heavy atom. The predicted octanol–water partition coefficient (Wildman–Crippen LogP) is 3.11. The van der Waals surface area contributed by atoms with Gasteiger partial charge in [0.05, 0.1) is 0 Å². The fourth-order valence-corrected chi connectivity index (χ4v) is 3.78. The van der Waals surface area contributed by atoms with Gasteiger partial charge in [-0.05, 0) is 50.7 Å². The van der Waals surface area contributed by atoms with Crippen LogP contribution in [0.15, 0.2) is 24.3 Å². The van der Waals surface area contributed by atoms with Crippen molar-refractivity contribution in [3.63, 3.8) is 0 Å². The Bertz CT molecular complexity index is 597. The van der Waals surface area contributed by atoms with Crippen LogP contribution in [0.1, 0.15) is 48.5 Å². The monoisotopic (exact) mass is 328 g/mol. The van der Waals surface area contributed by atoms with Crippen LogP contribution in [0.4, 0.5) is 0 Å². The molecule has 2 aliphatic rings. The summed E-state index contributed by atoms with van der Waals surface area (Å²) in [5, 5.41) is 0. The van der Waals surface area contributed by atoms with Gasteiger partial charge in [-0.2, -0.15) is 0 Å². The maximum absolute atomic E-state index is 12.7. The van der Waals surface area contributed by atoms with E-state index in [4.69, 9.17) is 0 Å². The van der Waals surface area contributed by atoms with Crippen molar-refractivity contribution in [1.82, 2.24) is 9.80 Å². The van der Waals surface area contributed by atoms with Crippen molar-refractivity contribution >= 4 is 11.8 Å². The molecular formula is C20H28N2O2. The highest BCUT2D eigenvalue weighted by molar-refractivity contribution is 5.94. The summed E-state index contributed by atoms with van der Waals surface area (Å²) in [5.41, 5.74) is 1.86. The predicted molar refractivity (Wildman–Crippen MR) is 94.8 cm³/mol. The SMILES string of the molecule is Cc1cccc(C(=O)N2CCC(C(=O)N3CCC(C)CC3)CC2)c1. The molecule has 1 aromatic carbocycles. The van der Waals surface area contributed by atoms with Gasteiger partial charge >= 0.3 is 0 Å². The standard InChI is InChI=1S/C20H28N2O2/c1-15-6-10-21(11-7-15)19(23)17-8-12-22(13-9-17)20(24)18-5-3-4-16(2)14-18/h3-5,14-15,17H,6-13H2,1-2H3. The number of piperidine rings is 2. The summed E-state index contributed by atoms with van der Waals surface area (Å²) in [6.45, 7) is 7.45. The van der Waals surface area contributed by atoms with Crippen molar-refractivity contribution in [3.05, 3.63) is 35.4 Å². The van der Waals surface area contributed by atoms with Gasteiger partial charge in [-0.25, -0.2) is 0 Å². The van der Waals surface area contributed by atoms with E-state index >= 15 is 0 Å². The van der Waals surface area contributed by atoms with Crippen LogP contribution in [0.2, 0.25) is 0 Å². The summed E-state index contributed by atoms with van der Waals surface area (Å²) in [5.74, 6) is 1.24. The molecule has 0 N–H and O–H groups in total. The van der Waals surface area contributed by atoms with Crippen LogP contribution in [-0.2, 0) is 4.79 Å². The third-order valence-corrected chi connectivity index (χ3v) is 5.49. The molecule has 3 rings (SSSR count). The molecule has 24 heavy (non-hydrogen) atoms. The Morgan fingerprint density at radius 3 is 2.21 bits per heavy atom. The normalized spacial score (nSPS) is 20.2. The number of carbonyl (C=O) groups is 2. The van der Waals surface area contributed by atoms with E-state index in [1.54, 1.807) is 0 Å². The van der Waals surface area contributed by atoms with E-state index in [0.29, 0.717) is 19.0 Å². The molecule has 0 radical (unpaired) electrons. The lowest BCUT2D eigenvalue weighted by molar-refractivity contribution is -0.138. The molecule has 2 heterocycles. The molecule has 2 saturated heterocycles. The molecule has 0 atom stereocenters. The summed E-state index contributed by atoms with van der Waals surface area (Å²) in [7, 11) is 0. The number of amides is 2. The smallest absolute Gasteiger partial charge is 0.253 e. The van der Waals surface area contributed by atoms with E-state index in [2.05, 4.69) is 6.92 Å². The second kappa shape index (κ2) is 7.37. The van der Waals surface area contributed by atoms with Gasteiger partial charge in [0.2, 0.25) is 5.91 Å². The molecule has 1 aromatic rings. The number of benzene rings is 1. The first kappa shape index (κ1) is 17.0. The largest absolute Gasteiger partial charge is 0.342 e. The second-order valence-electron chi connectivity index (χ2n) is 7.44. The molecule has 4 heteroatoms. The van der Waals surface area contributed by atoms with Gasteiger partial charge in [0.15, 0.2) is 0 Å². The minimum atomic E-state index is 0.0939. The van der Waals surface area contributed by atoms with Crippen LogP contribution >= 0.6 is 0 Å². The van der Waals surface area contributed by atoms with Crippen LogP contribution in [0.3, 0.4) is 0 Å². The molecule has 0 unspecified atom stereocenters. The van der Waals surface area contributed by atoms with Crippen LogP contribution in [-0.4, -0.2) is 47.8 Å². The zero-order valence-electron chi connectivity index (χ0n) is 14.8. The van der Waals surface area contributed by atoms with E-state index in [1.165, 1.54) is 0 Å². The summed E-state index contributed by atoms with van der Waals surface area (Å²) in [4.78, 5) is 29.2. The fourth-order valence-electron chi connectivity index (χ4n) is 3.78. The van der Waals surface area contributed by atoms with E-state index < -0.39 is 0 Å². The lowest BCUT2D eigenvalue weighted by Crippen LogP contribution is -2.46. The maximum Gasteiger partial charge on any atom is 0.253 e. The number of nitrogens with zero attached hydrogens (tertiary/aromatic N) is 2. The Hall–Kier alpha value is -1.84. The van der Waals surface area contributed by atoms with Crippen molar-refractivity contribution in [3.8, 4) is 0 Å². The van der Waals surface area contributed by atoms with Crippen molar-refractivity contribution < 1.29 is 9.59 Å². The Morgan fingerprint density at radius 2 is 1.58 bits per heavy atom. The first-order chi connectivity index (χ1) is 11.5. The fraction of sp³-hybridized carbons (Fsp3) is 0.600. The van der Waals surface area contributed by atoms with Crippen LogP contribution in [0, 0.1) is 18.8 Å². The minimum absolute atomic E-state index is 0.0939. The van der Waals surface area contributed by atoms with Crippen LogP contribution < -0.4 is 0 Å². The van der Waals surface area contributed by atoms with Crippen molar-refractivity contribution in [2.75, 3.05) is 26.2 Å². The number of hydrogen-bond donors (Lipinski definition) is 0. The topological polar surface area (TPSA) is 40.6 Å². The van der Waals surface area contributed by atoms with Crippen LogP contribution in [0.25, 0.3) is 0 Å². The molecule has 4 nitrogen and oxygen atoms in total. The molecule has 0 saturated carbocycles. The molecule has 2 aliphatic heterocycles. The van der Waals surface area contributed by atoms with Gasteiger partial charge in [-0.15, -0.1) is 0 Å². The molecule has 130 valence electrons. The summed E-state index contributed by atoms with van der Waals surface area (Å²) >= 11 is 0. The highest BCUT2D eigenvalue weighted by atomic mass is 16.2. The lowest BCUT2D eigenvalue weighted by atomic mass is 9.92. The minimum Gasteiger partial charge on any atom is -0.342 e. The first-order valence-electron chi connectivity index (χ1n) is 9.19. The van der Waals surface area contributed by atoms with E-state index in [-0.39, 0.29) is 11.8 Å². The zero-order chi connectivity index (χ0) is 17.1. The first-order valence-corrected chi connectivity index (χ1v) is 9.19. The Balaban J connectivity index is 1.54. The number of rotatable bonds is 2. The highest BCUT2D eigenvalue weighted by Gasteiger charge is 2.31. The molecule has 0 aliphatic carbocycles. The number of aryl methyl sites for hydroxylation is 1. The average Bonchev–Trinajstić information content (AvgIpc) is 2.61. The highest BCUT2D eigenvalue weighted by Crippen LogP contribution is 2.24. The maximum atomic E-state index is 12.7. The summed E-state index contributed by atoms with van der Waals surface area (Å²) in [6, 6.07) is 7.74.